The highest BCUT2D eigenvalue weighted by atomic mass is 16.5. The molecule has 1 aromatic heterocycles. The van der Waals surface area contributed by atoms with Gasteiger partial charge in [-0.2, -0.15) is 0 Å². The van der Waals surface area contributed by atoms with Crippen molar-refractivity contribution in [2.45, 2.75) is 51.9 Å². The maximum Gasteiger partial charge on any atom is 0.134 e. The van der Waals surface area contributed by atoms with Crippen LogP contribution in [-0.4, -0.2) is 11.6 Å². The van der Waals surface area contributed by atoms with Crippen LogP contribution in [0.3, 0.4) is 0 Å². The highest BCUT2D eigenvalue weighted by Crippen LogP contribution is 2.27. The number of nitrogens with two attached hydrogens (primary N) is 1. The molecule has 0 spiro atoms. The lowest BCUT2D eigenvalue weighted by Crippen LogP contribution is -2.34. The van der Waals surface area contributed by atoms with Crippen LogP contribution in [0.1, 0.15) is 46.0 Å². The van der Waals surface area contributed by atoms with Crippen LogP contribution in [0.15, 0.2) is 22.8 Å². The van der Waals surface area contributed by atoms with Crippen molar-refractivity contribution >= 4 is 0 Å². The van der Waals surface area contributed by atoms with Gasteiger partial charge in [0, 0.05) is 6.04 Å². The average molecular weight is 211 g/mol. The molecular weight excluding hydrogens is 190 g/mol. The highest BCUT2D eigenvalue weighted by molar-refractivity contribution is 5.05. The Labute approximate surface area is 91.6 Å². The van der Waals surface area contributed by atoms with Crippen molar-refractivity contribution < 1.29 is 9.15 Å². The van der Waals surface area contributed by atoms with Crippen molar-refractivity contribution in [2.24, 2.45) is 5.73 Å². The molecule has 0 aliphatic heterocycles. The Morgan fingerprint density at radius 2 is 2.13 bits per heavy atom. The van der Waals surface area contributed by atoms with Crippen molar-refractivity contribution in [3.05, 3.63) is 24.2 Å². The molecular formula is C12H21NO2. The van der Waals surface area contributed by atoms with Crippen LogP contribution in [0.25, 0.3) is 0 Å². The first kappa shape index (κ1) is 12.3. The van der Waals surface area contributed by atoms with E-state index < -0.39 is 0 Å². The Bertz CT molecular complexity index is 274. The third-order valence-corrected chi connectivity index (χ3v) is 2.16. The number of furan rings is 1. The van der Waals surface area contributed by atoms with Gasteiger partial charge in [0.15, 0.2) is 0 Å². The summed E-state index contributed by atoms with van der Waals surface area (Å²) in [6.45, 7) is 8.11. The third kappa shape index (κ3) is 3.68. The zero-order valence-corrected chi connectivity index (χ0v) is 9.99. The zero-order valence-electron chi connectivity index (χ0n) is 9.99. The topological polar surface area (TPSA) is 48.4 Å². The molecule has 2 N–H and O–H groups in total. The van der Waals surface area contributed by atoms with Gasteiger partial charge in [-0.05, 0) is 39.3 Å². The first-order chi connectivity index (χ1) is 6.94. The fourth-order valence-electron chi connectivity index (χ4n) is 1.40. The average Bonchev–Trinajstić information content (AvgIpc) is 2.64. The molecule has 15 heavy (non-hydrogen) atoms. The van der Waals surface area contributed by atoms with Crippen LogP contribution < -0.4 is 5.73 Å². The highest BCUT2D eigenvalue weighted by Gasteiger charge is 2.27. The molecule has 0 amide bonds. The summed E-state index contributed by atoms with van der Waals surface area (Å²) in [5.74, 6) is 0.805. The van der Waals surface area contributed by atoms with Crippen LogP contribution in [0.4, 0.5) is 0 Å². The molecule has 3 heteroatoms. The van der Waals surface area contributed by atoms with Crippen molar-refractivity contribution in [3.8, 4) is 0 Å². The summed E-state index contributed by atoms with van der Waals surface area (Å²) < 4.78 is 11.3. The summed E-state index contributed by atoms with van der Waals surface area (Å²) in [5, 5.41) is 0. The van der Waals surface area contributed by atoms with Gasteiger partial charge in [-0.25, -0.2) is 0 Å². The number of ether oxygens (including phenoxy) is 1. The van der Waals surface area contributed by atoms with Gasteiger partial charge in [-0.3, -0.25) is 0 Å². The monoisotopic (exact) mass is 211 g/mol. The second-order valence-corrected chi connectivity index (χ2v) is 4.74. The summed E-state index contributed by atoms with van der Waals surface area (Å²) in [4.78, 5) is 0. The maximum absolute atomic E-state index is 6.03. The fraction of sp³-hybridized carbons (Fsp3) is 0.667. The predicted molar refractivity (Wildman–Crippen MR) is 60.6 cm³/mol. The van der Waals surface area contributed by atoms with E-state index in [1.165, 1.54) is 0 Å². The van der Waals surface area contributed by atoms with E-state index in [0.717, 1.165) is 12.2 Å². The Morgan fingerprint density at radius 1 is 1.47 bits per heavy atom. The third-order valence-electron chi connectivity index (χ3n) is 2.16. The van der Waals surface area contributed by atoms with Gasteiger partial charge in [-0.15, -0.1) is 0 Å². The van der Waals surface area contributed by atoms with E-state index in [4.69, 9.17) is 14.9 Å². The molecule has 2 atom stereocenters. The molecule has 1 heterocycles. The quantitative estimate of drug-likeness (QED) is 0.833. The molecule has 1 rings (SSSR count). The van der Waals surface area contributed by atoms with Crippen LogP contribution in [-0.2, 0) is 4.74 Å². The standard InChI is InChI=1S/C12H21NO2/c1-5-9(13)11(15-12(2,3)4)10-7-6-8-14-10/h6-9,11H,5,13H2,1-4H3. The van der Waals surface area contributed by atoms with Crippen LogP contribution in [0.5, 0.6) is 0 Å². The van der Waals surface area contributed by atoms with Gasteiger partial charge >= 0.3 is 0 Å². The molecule has 0 aromatic carbocycles. The van der Waals surface area contributed by atoms with Crippen molar-refractivity contribution in [2.75, 3.05) is 0 Å². The number of rotatable bonds is 4. The first-order valence-corrected chi connectivity index (χ1v) is 5.41. The second-order valence-electron chi connectivity index (χ2n) is 4.74. The molecule has 1 aromatic rings. The van der Waals surface area contributed by atoms with E-state index in [1.807, 2.05) is 39.8 Å². The SMILES string of the molecule is CCC(N)C(OC(C)(C)C)c1ccco1. The summed E-state index contributed by atoms with van der Waals surface area (Å²) in [6, 6.07) is 3.73. The number of hydrogen-bond acceptors (Lipinski definition) is 3. The van der Waals surface area contributed by atoms with Gasteiger partial charge in [-0.1, -0.05) is 6.92 Å². The first-order valence-electron chi connectivity index (χ1n) is 5.41. The van der Waals surface area contributed by atoms with E-state index in [1.54, 1.807) is 6.26 Å². The van der Waals surface area contributed by atoms with E-state index in [0.29, 0.717) is 0 Å². The molecule has 2 unspecified atom stereocenters. The van der Waals surface area contributed by atoms with E-state index in [-0.39, 0.29) is 17.7 Å². The normalized spacial score (nSPS) is 16.3. The van der Waals surface area contributed by atoms with Crippen LogP contribution in [0.2, 0.25) is 0 Å². The van der Waals surface area contributed by atoms with Gasteiger partial charge in [0.05, 0.1) is 11.9 Å². The van der Waals surface area contributed by atoms with Gasteiger partial charge < -0.3 is 14.9 Å². The molecule has 0 radical (unpaired) electrons. The second kappa shape index (κ2) is 4.81. The van der Waals surface area contributed by atoms with Crippen molar-refractivity contribution in [3.63, 3.8) is 0 Å². The van der Waals surface area contributed by atoms with Crippen LogP contribution >= 0.6 is 0 Å². The molecule has 86 valence electrons. The molecule has 0 aliphatic rings. The Morgan fingerprint density at radius 3 is 2.53 bits per heavy atom. The zero-order chi connectivity index (χ0) is 11.5. The maximum atomic E-state index is 6.03. The molecule has 0 fully saturated rings. The summed E-state index contributed by atoms with van der Waals surface area (Å²) >= 11 is 0. The Balaban J connectivity index is 2.79. The van der Waals surface area contributed by atoms with Crippen LogP contribution in [0, 0.1) is 0 Å². The van der Waals surface area contributed by atoms with Gasteiger partial charge in [0.1, 0.15) is 11.9 Å². The molecule has 0 saturated heterocycles. The summed E-state index contributed by atoms with van der Waals surface area (Å²) in [6.07, 6.45) is 2.35. The predicted octanol–water partition coefficient (Wildman–Crippen LogP) is 2.87. The lowest BCUT2D eigenvalue weighted by atomic mass is 10.1. The van der Waals surface area contributed by atoms with E-state index >= 15 is 0 Å². The van der Waals surface area contributed by atoms with Gasteiger partial charge in [0.2, 0.25) is 0 Å². The molecule has 3 nitrogen and oxygen atoms in total. The summed E-state index contributed by atoms with van der Waals surface area (Å²) in [5.41, 5.74) is 5.81. The molecule has 0 bridgehead atoms. The molecule has 0 aliphatic carbocycles. The minimum Gasteiger partial charge on any atom is -0.467 e. The largest absolute Gasteiger partial charge is 0.467 e. The lowest BCUT2D eigenvalue weighted by Gasteiger charge is -2.29. The van der Waals surface area contributed by atoms with Gasteiger partial charge in [0.25, 0.3) is 0 Å². The van der Waals surface area contributed by atoms with Crippen molar-refractivity contribution in [1.29, 1.82) is 0 Å². The lowest BCUT2D eigenvalue weighted by molar-refractivity contribution is -0.0813. The minimum atomic E-state index is -0.218. The smallest absolute Gasteiger partial charge is 0.134 e. The summed E-state index contributed by atoms with van der Waals surface area (Å²) in [7, 11) is 0. The Kier molecular flexibility index (Phi) is 3.94. The van der Waals surface area contributed by atoms with E-state index in [9.17, 15) is 0 Å². The fourth-order valence-corrected chi connectivity index (χ4v) is 1.40. The number of hydrogen-bond donors (Lipinski definition) is 1. The molecule has 0 saturated carbocycles. The van der Waals surface area contributed by atoms with E-state index in [2.05, 4.69) is 0 Å². The Hall–Kier alpha value is -0.800. The minimum absolute atomic E-state index is 0.0321. The van der Waals surface area contributed by atoms with Crippen molar-refractivity contribution in [1.82, 2.24) is 0 Å².